The Kier molecular flexibility index (Phi) is 6.60. The van der Waals surface area contributed by atoms with E-state index >= 15 is 0 Å². The second kappa shape index (κ2) is 9.52. The van der Waals surface area contributed by atoms with Gasteiger partial charge in [-0.25, -0.2) is 0 Å². The van der Waals surface area contributed by atoms with Gasteiger partial charge in [-0.3, -0.25) is 9.59 Å². The van der Waals surface area contributed by atoms with Crippen LogP contribution in [-0.4, -0.2) is 11.8 Å². The van der Waals surface area contributed by atoms with Gasteiger partial charge in [-0.15, -0.1) is 0 Å². The van der Waals surface area contributed by atoms with Crippen molar-refractivity contribution in [3.8, 4) is 17.6 Å². The zero-order chi connectivity index (χ0) is 20.6. The first kappa shape index (κ1) is 20.1. The summed E-state index contributed by atoms with van der Waals surface area (Å²) in [5.41, 5.74) is 3.40. The van der Waals surface area contributed by atoms with E-state index in [0.29, 0.717) is 11.3 Å². The van der Waals surface area contributed by atoms with Gasteiger partial charge in [0.25, 0.3) is 0 Å². The smallest absolute Gasteiger partial charge is 0.308 e. The highest BCUT2D eigenvalue weighted by molar-refractivity contribution is 5.96. The van der Waals surface area contributed by atoms with E-state index in [4.69, 9.17) is 4.74 Å². The third kappa shape index (κ3) is 5.67. The molecule has 0 bridgehead atoms. The molecular formula is C26H22O3. The highest BCUT2D eigenvalue weighted by atomic mass is 16.5. The molecule has 144 valence electrons. The first-order valence-corrected chi connectivity index (χ1v) is 9.47. The van der Waals surface area contributed by atoms with Gasteiger partial charge in [0.2, 0.25) is 0 Å². The summed E-state index contributed by atoms with van der Waals surface area (Å²) >= 11 is 0. The lowest BCUT2D eigenvalue weighted by atomic mass is 9.91. The largest absolute Gasteiger partial charge is 0.426 e. The first-order valence-electron chi connectivity index (χ1n) is 9.47. The van der Waals surface area contributed by atoms with Gasteiger partial charge < -0.3 is 4.74 Å². The quantitative estimate of drug-likeness (QED) is 0.259. The Balaban J connectivity index is 1.97. The minimum atomic E-state index is -0.405. The van der Waals surface area contributed by atoms with E-state index in [-0.39, 0.29) is 12.2 Å². The van der Waals surface area contributed by atoms with Crippen molar-refractivity contribution in [3.63, 3.8) is 0 Å². The molecule has 0 amide bonds. The number of hydrogen-bond donors (Lipinski definition) is 0. The number of para-hydroxylation sites is 1. The Hall–Kier alpha value is -3.64. The van der Waals surface area contributed by atoms with E-state index in [0.717, 1.165) is 16.7 Å². The van der Waals surface area contributed by atoms with Crippen LogP contribution < -0.4 is 4.74 Å². The van der Waals surface area contributed by atoms with Crippen LogP contribution in [0.2, 0.25) is 0 Å². The topological polar surface area (TPSA) is 43.4 Å². The molecule has 0 fully saturated rings. The number of ketones is 1. The standard InChI is InChI=1S/C26H22O3/c1-19-12-14-21(15-13-19)16-17-23(18-25(28)22-8-4-3-5-9-22)24-10-6-7-11-26(24)29-20(2)27/h3-15,23H,18H2,1-2H3. The van der Waals surface area contributed by atoms with Crippen LogP contribution in [0.5, 0.6) is 5.75 Å². The molecule has 3 nitrogen and oxygen atoms in total. The summed E-state index contributed by atoms with van der Waals surface area (Å²) in [4.78, 5) is 24.4. The van der Waals surface area contributed by atoms with Crippen molar-refractivity contribution in [2.24, 2.45) is 0 Å². The molecule has 0 radical (unpaired) electrons. The molecule has 1 unspecified atom stereocenters. The van der Waals surface area contributed by atoms with Crippen LogP contribution in [0, 0.1) is 18.8 Å². The summed E-state index contributed by atoms with van der Waals surface area (Å²) in [6.07, 6.45) is 0.196. The number of benzene rings is 3. The first-order chi connectivity index (χ1) is 14.0. The maximum Gasteiger partial charge on any atom is 0.308 e. The number of esters is 1. The van der Waals surface area contributed by atoms with Crippen molar-refractivity contribution >= 4 is 11.8 Å². The van der Waals surface area contributed by atoms with Crippen LogP contribution in [0.3, 0.4) is 0 Å². The van der Waals surface area contributed by atoms with E-state index in [1.54, 1.807) is 24.3 Å². The van der Waals surface area contributed by atoms with E-state index in [9.17, 15) is 9.59 Å². The molecular weight excluding hydrogens is 360 g/mol. The molecule has 3 heteroatoms. The third-order valence-electron chi connectivity index (χ3n) is 4.48. The molecule has 0 aliphatic carbocycles. The Morgan fingerprint density at radius 1 is 0.897 bits per heavy atom. The van der Waals surface area contributed by atoms with E-state index in [2.05, 4.69) is 11.8 Å². The van der Waals surface area contributed by atoms with Crippen molar-refractivity contribution in [3.05, 3.63) is 101 Å². The molecule has 0 aliphatic rings. The van der Waals surface area contributed by atoms with Crippen molar-refractivity contribution in [1.29, 1.82) is 0 Å². The zero-order valence-corrected chi connectivity index (χ0v) is 16.5. The third-order valence-corrected chi connectivity index (χ3v) is 4.48. The van der Waals surface area contributed by atoms with Crippen molar-refractivity contribution in [2.75, 3.05) is 0 Å². The highest BCUT2D eigenvalue weighted by Crippen LogP contribution is 2.30. The molecule has 0 saturated heterocycles. The Labute approximate surface area is 171 Å². The Bertz CT molecular complexity index is 1050. The minimum absolute atomic E-state index is 0.00793. The second-order valence-corrected chi connectivity index (χ2v) is 6.81. The molecule has 0 saturated carbocycles. The van der Waals surface area contributed by atoms with Gasteiger partial charge in [-0.2, -0.15) is 0 Å². The van der Waals surface area contributed by atoms with Gasteiger partial charge in [-0.1, -0.05) is 78.1 Å². The van der Waals surface area contributed by atoms with Gasteiger partial charge >= 0.3 is 5.97 Å². The van der Waals surface area contributed by atoms with Crippen LogP contribution in [0.1, 0.15) is 46.3 Å². The Morgan fingerprint density at radius 2 is 1.55 bits per heavy atom. The number of aryl methyl sites for hydroxylation is 1. The van der Waals surface area contributed by atoms with E-state index in [1.807, 2.05) is 61.5 Å². The molecule has 3 rings (SSSR count). The summed E-state index contributed by atoms with van der Waals surface area (Å²) in [6, 6.07) is 24.3. The summed E-state index contributed by atoms with van der Waals surface area (Å²) in [7, 11) is 0. The summed E-state index contributed by atoms with van der Waals surface area (Å²) in [5.74, 6) is 6.01. The predicted octanol–water partition coefficient (Wildman–Crippen LogP) is 5.33. The van der Waals surface area contributed by atoms with E-state index in [1.165, 1.54) is 6.92 Å². The van der Waals surface area contributed by atoms with Gasteiger partial charge in [-0.05, 0) is 25.1 Å². The van der Waals surface area contributed by atoms with Crippen molar-refractivity contribution < 1.29 is 14.3 Å². The average molecular weight is 382 g/mol. The van der Waals surface area contributed by atoms with Crippen LogP contribution >= 0.6 is 0 Å². The van der Waals surface area contributed by atoms with Crippen molar-refractivity contribution in [2.45, 2.75) is 26.2 Å². The molecule has 0 N–H and O–H groups in total. The summed E-state index contributed by atoms with van der Waals surface area (Å²) < 4.78 is 5.36. The molecule has 0 aromatic heterocycles. The van der Waals surface area contributed by atoms with Crippen LogP contribution in [0.4, 0.5) is 0 Å². The fourth-order valence-electron chi connectivity index (χ4n) is 2.99. The molecule has 3 aromatic carbocycles. The van der Waals surface area contributed by atoms with Crippen molar-refractivity contribution in [1.82, 2.24) is 0 Å². The highest BCUT2D eigenvalue weighted by Gasteiger charge is 2.19. The number of carbonyl (C=O) groups excluding carboxylic acids is 2. The molecule has 1 atom stereocenters. The van der Waals surface area contributed by atoms with Gasteiger partial charge in [0.1, 0.15) is 5.75 Å². The van der Waals surface area contributed by atoms with E-state index < -0.39 is 11.9 Å². The van der Waals surface area contributed by atoms with Crippen LogP contribution in [0.25, 0.3) is 0 Å². The number of carbonyl (C=O) groups is 2. The maximum absolute atomic E-state index is 12.8. The normalized spacial score (nSPS) is 11.1. The molecule has 29 heavy (non-hydrogen) atoms. The SMILES string of the molecule is CC(=O)Oc1ccccc1C(C#Cc1ccc(C)cc1)CC(=O)c1ccccc1. The fraction of sp³-hybridized carbons (Fsp3) is 0.154. The van der Waals surface area contributed by atoms with Crippen LogP contribution in [-0.2, 0) is 4.79 Å². The summed E-state index contributed by atoms with van der Waals surface area (Å²) in [5, 5.41) is 0. The number of Topliss-reactive ketones (excluding diaryl/α,β-unsaturated/α-hetero) is 1. The zero-order valence-electron chi connectivity index (χ0n) is 16.5. The maximum atomic E-state index is 12.8. The minimum Gasteiger partial charge on any atom is -0.426 e. The fourth-order valence-corrected chi connectivity index (χ4v) is 2.99. The lowest BCUT2D eigenvalue weighted by Gasteiger charge is -2.15. The Morgan fingerprint density at radius 3 is 2.24 bits per heavy atom. The monoisotopic (exact) mass is 382 g/mol. The lowest BCUT2D eigenvalue weighted by Crippen LogP contribution is -2.10. The van der Waals surface area contributed by atoms with Crippen LogP contribution in [0.15, 0.2) is 78.9 Å². The molecule has 0 aliphatic heterocycles. The lowest BCUT2D eigenvalue weighted by molar-refractivity contribution is -0.131. The second-order valence-electron chi connectivity index (χ2n) is 6.81. The average Bonchev–Trinajstić information content (AvgIpc) is 2.73. The van der Waals surface area contributed by atoms with Gasteiger partial charge in [0.15, 0.2) is 5.78 Å². The van der Waals surface area contributed by atoms with Gasteiger partial charge in [0.05, 0.1) is 5.92 Å². The number of ether oxygens (including phenoxy) is 1. The predicted molar refractivity (Wildman–Crippen MR) is 114 cm³/mol. The molecule has 0 spiro atoms. The van der Waals surface area contributed by atoms with Gasteiger partial charge in [0, 0.05) is 30.0 Å². The summed E-state index contributed by atoms with van der Waals surface area (Å²) in [6.45, 7) is 3.38. The molecule has 3 aromatic rings. The number of rotatable bonds is 5. The number of hydrogen-bond acceptors (Lipinski definition) is 3. The molecule has 0 heterocycles.